The van der Waals surface area contributed by atoms with Gasteiger partial charge in [-0.05, 0) is 24.3 Å². The summed E-state index contributed by atoms with van der Waals surface area (Å²) < 4.78 is 11.6. The highest BCUT2D eigenvalue weighted by atomic mass is 35.5. The zero-order valence-corrected chi connectivity index (χ0v) is 12.3. The normalized spacial score (nSPS) is 11.0. The smallest absolute Gasteiger partial charge is 0.419 e. The number of carbonyl (C=O) groups is 1. The molecule has 2 aromatic heterocycles. The quantitative estimate of drug-likeness (QED) is 0.783. The number of fused-ring (bicyclic) bond motifs is 1. The number of amides is 1. The first-order valence-corrected chi connectivity index (χ1v) is 7.09. The Bertz CT molecular complexity index is 848. The highest BCUT2D eigenvalue weighted by Crippen LogP contribution is 2.18. The van der Waals surface area contributed by atoms with Crippen molar-refractivity contribution >= 4 is 28.6 Å². The van der Waals surface area contributed by atoms with Gasteiger partial charge in [0.25, 0.3) is 0 Å². The van der Waals surface area contributed by atoms with Crippen molar-refractivity contribution in [1.29, 1.82) is 0 Å². The molecule has 1 N–H and O–H groups in total. The lowest BCUT2D eigenvalue weighted by Crippen LogP contribution is -2.25. The Hall–Kier alpha value is -2.47. The van der Waals surface area contributed by atoms with E-state index < -0.39 is 5.76 Å². The van der Waals surface area contributed by atoms with Gasteiger partial charge >= 0.3 is 5.76 Å². The molecule has 6 nitrogen and oxygen atoms in total. The number of hydrogen-bond acceptors (Lipinski definition) is 4. The molecular formula is C15H13ClN2O4. The van der Waals surface area contributed by atoms with Gasteiger partial charge in [0, 0.05) is 24.1 Å². The number of hydrogen-bond donors (Lipinski definition) is 1. The fourth-order valence-corrected chi connectivity index (χ4v) is 2.31. The molecule has 0 aliphatic heterocycles. The second-order valence-corrected chi connectivity index (χ2v) is 5.17. The highest BCUT2D eigenvalue weighted by Gasteiger charge is 2.11. The van der Waals surface area contributed by atoms with Gasteiger partial charge in [-0.2, -0.15) is 0 Å². The molecule has 3 rings (SSSR count). The maximum Gasteiger partial charge on any atom is 0.419 e. The Balaban J connectivity index is 1.65. The van der Waals surface area contributed by atoms with Crippen LogP contribution in [0, 0.1) is 0 Å². The first-order chi connectivity index (χ1) is 10.6. The fraction of sp³-hybridized carbons (Fsp3) is 0.200. The van der Waals surface area contributed by atoms with Crippen LogP contribution < -0.4 is 11.1 Å². The van der Waals surface area contributed by atoms with Crippen molar-refractivity contribution in [3.63, 3.8) is 0 Å². The average Bonchev–Trinajstić information content (AvgIpc) is 3.10. The van der Waals surface area contributed by atoms with Crippen LogP contribution in [-0.2, 0) is 17.9 Å². The Morgan fingerprint density at radius 2 is 2.18 bits per heavy atom. The molecule has 7 heteroatoms. The Morgan fingerprint density at radius 1 is 1.32 bits per heavy atom. The SMILES string of the molecule is O=C(CCn1c(=O)oc2cc(Cl)ccc21)NCc1ccco1. The standard InChI is InChI=1S/C15H13ClN2O4/c16-10-3-4-12-13(8-10)22-15(20)18(12)6-5-14(19)17-9-11-2-1-7-21-11/h1-4,7-8H,5-6,9H2,(H,17,19). The number of aryl methyl sites for hydroxylation is 1. The minimum absolute atomic E-state index is 0.165. The van der Waals surface area contributed by atoms with Crippen molar-refractivity contribution in [3.8, 4) is 0 Å². The van der Waals surface area contributed by atoms with Gasteiger partial charge in [0.15, 0.2) is 5.58 Å². The van der Waals surface area contributed by atoms with Gasteiger partial charge in [0.05, 0.1) is 18.3 Å². The van der Waals surface area contributed by atoms with E-state index in [-0.39, 0.29) is 18.9 Å². The van der Waals surface area contributed by atoms with E-state index in [4.69, 9.17) is 20.4 Å². The number of nitrogens with zero attached hydrogens (tertiary/aromatic N) is 1. The van der Waals surface area contributed by atoms with E-state index in [9.17, 15) is 9.59 Å². The van der Waals surface area contributed by atoms with Gasteiger partial charge in [-0.15, -0.1) is 0 Å². The van der Waals surface area contributed by atoms with Crippen molar-refractivity contribution in [2.75, 3.05) is 0 Å². The summed E-state index contributed by atoms with van der Waals surface area (Å²) in [6, 6.07) is 8.48. The summed E-state index contributed by atoms with van der Waals surface area (Å²) in [6.07, 6.45) is 1.71. The van der Waals surface area contributed by atoms with Gasteiger partial charge < -0.3 is 14.2 Å². The molecule has 0 saturated heterocycles. The molecule has 0 fully saturated rings. The van der Waals surface area contributed by atoms with Crippen LogP contribution in [0.25, 0.3) is 11.1 Å². The first-order valence-electron chi connectivity index (χ1n) is 6.71. The number of oxazole rings is 1. The molecule has 114 valence electrons. The van der Waals surface area contributed by atoms with Crippen LogP contribution in [0.1, 0.15) is 12.2 Å². The van der Waals surface area contributed by atoms with Gasteiger partial charge in [0.1, 0.15) is 5.76 Å². The number of rotatable bonds is 5. The molecule has 3 aromatic rings. The van der Waals surface area contributed by atoms with Crippen LogP contribution in [0.2, 0.25) is 5.02 Å². The first kappa shape index (κ1) is 14.5. The van der Waals surface area contributed by atoms with Crippen LogP contribution in [0.15, 0.2) is 50.2 Å². The minimum Gasteiger partial charge on any atom is -0.467 e. The number of aromatic nitrogens is 1. The van der Waals surface area contributed by atoms with E-state index in [0.29, 0.717) is 28.4 Å². The summed E-state index contributed by atoms with van der Waals surface area (Å²) in [6.45, 7) is 0.555. The van der Waals surface area contributed by atoms with Crippen LogP contribution >= 0.6 is 11.6 Å². The van der Waals surface area contributed by atoms with Crippen LogP contribution in [0.4, 0.5) is 0 Å². The van der Waals surface area contributed by atoms with Gasteiger partial charge in [0.2, 0.25) is 5.91 Å². The minimum atomic E-state index is -0.504. The lowest BCUT2D eigenvalue weighted by atomic mass is 10.3. The summed E-state index contributed by atoms with van der Waals surface area (Å²) in [5, 5.41) is 3.21. The Morgan fingerprint density at radius 3 is 2.95 bits per heavy atom. The van der Waals surface area contributed by atoms with E-state index >= 15 is 0 Å². The topological polar surface area (TPSA) is 77.4 Å². The largest absolute Gasteiger partial charge is 0.467 e. The Kier molecular flexibility index (Phi) is 4.02. The third kappa shape index (κ3) is 3.07. The molecule has 0 aliphatic rings. The van der Waals surface area contributed by atoms with Crippen LogP contribution in [-0.4, -0.2) is 10.5 Å². The predicted molar refractivity (Wildman–Crippen MR) is 80.7 cm³/mol. The third-order valence-electron chi connectivity index (χ3n) is 3.23. The zero-order chi connectivity index (χ0) is 15.5. The molecule has 2 heterocycles. The summed E-state index contributed by atoms with van der Waals surface area (Å²) >= 11 is 5.85. The van der Waals surface area contributed by atoms with Crippen molar-refractivity contribution < 1.29 is 13.6 Å². The molecule has 0 aliphatic carbocycles. The maximum absolute atomic E-state index is 11.8. The molecule has 0 atom stereocenters. The molecule has 0 spiro atoms. The van der Waals surface area contributed by atoms with Crippen LogP contribution in [0.5, 0.6) is 0 Å². The number of halogens is 1. The number of furan rings is 1. The predicted octanol–water partition coefficient (Wildman–Crippen LogP) is 2.55. The second kappa shape index (κ2) is 6.11. The number of benzene rings is 1. The van der Waals surface area contributed by atoms with E-state index in [0.717, 1.165) is 0 Å². The zero-order valence-electron chi connectivity index (χ0n) is 11.5. The lowest BCUT2D eigenvalue weighted by Gasteiger charge is -2.04. The summed E-state index contributed by atoms with van der Waals surface area (Å²) in [4.78, 5) is 23.6. The fourth-order valence-electron chi connectivity index (χ4n) is 2.15. The van der Waals surface area contributed by atoms with Crippen molar-refractivity contribution in [3.05, 3.63) is 57.9 Å². The molecule has 0 unspecified atom stereocenters. The number of carbonyl (C=O) groups excluding carboxylic acids is 1. The molecule has 0 radical (unpaired) electrons. The van der Waals surface area contributed by atoms with Gasteiger partial charge in [-0.3, -0.25) is 9.36 Å². The molecule has 0 bridgehead atoms. The van der Waals surface area contributed by atoms with Gasteiger partial charge in [-0.25, -0.2) is 4.79 Å². The van der Waals surface area contributed by atoms with E-state index in [1.54, 1.807) is 36.6 Å². The van der Waals surface area contributed by atoms with E-state index in [1.807, 2.05) is 0 Å². The van der Waals surface area contributed by atoms with Crippen molar-refractivity contribution in [2.45, 2.75) is 19.5 Å². The monoisotopic (exact) mass is 320 g/mol. The number of nitrogens with one attached hydrogen (secondary N) is 1. The van der Waals surface area contributed by atoms with Gasteiger partial charge in [-0.1, -0.05) is 11.6 Å². The Labute approximate surface area is 130 Å². The van der Waals surface area contributed by atoms with E-state index in [2.05, 4.69) is 5.32 Å². The summed E-state index contributed by atoms with van der Waals surface area (Å²) in [5.41, 5.74) is 1.03. The van der Waals surface area contributed by atoms with E-state index in [1.165, 1.54) is 4.57 Å². The summed E-state index contributed by atoms with van der Waals surface area (Å²) in [7, 11) is 0. The molecule has 22 heavy (non-hydrogen) atoms. The summed E-state index contributed by atoms with van der Waals surface area (Å²) in [5.74, 6) is -0.00312. The molecular weight excluding hydrogens is 308 g/mol. The molecule has 0 saturated carbocycles. The second-order valence-electron chi connectivity index (χ2n) is 4.74. The molecule has 1 amide bonds. The van der Waals surface area contributed by atoms with Crippen molar-refractivity contribution in [2.24, 2.45) is 0 Å². The van der Waals surface area contributed by atoms with Crippen molar-refractivity contribution in [1.82, 2.24) is 9.88 Å². The average molecular weight is 321 g/mol. The maximum atomic E-state index is 11.8. The molecule has 1 aromatic carbocycles. The third-order valence-corrected chi connectivity index (χ3v) is 3.47. The lowest BCUT2D eigenvalue weighted by molar-refractivity contribution is -0.121. The highest BCUT2D eigenvalue weighted by molar-refractivity contribution is 6.31. The van der Waals surface area contributed by atoms with Crippen LogP contribution in [0.3, 0.4) is 0 Å².